The van der Waals surface area contributed by atoms with Gasteiger partial charge >= 0.3 is 6.09 Å². The van der Waals surface area contributed by atoms with Crippen molar-refractivity contribution in [2.75, 3.05) is 33.4 Å². The number of benzene rings is 1. The molecular formula is C19H31IN4O3. The molecule has 27 heavy (non-hydrogen) atoms. The van der Waals surface area contributed by atoms with E-state index in [1.165, 1.54) is 0 Å². The van der Waals surface area contributed by atoms with E-state index in [1.807, 2.05) is 38.1 Å². The van der Waals surface area contributed by atoms with Crippen LogP contribution in [0.15, 0.2) is 29.3 Å². The molecule has 0 bridgehead atoms. The van der Waals surface area contributed by atoms with Gasteiger partial charge in [0.25, 0.3) is 0 Å². The third-order valence-corrected chi connectivity index (χ3v) is 4.31. The van der Waals surface area contributed by atoms with Crippen LogP contribution in [0.25, 0.3) is 0 Å². The molecule has 0 radical (unpaired) electrons. The van der Waals surface area contributed by atoms with E-state index >= 15 is 0 Å². The Morgan fingerprint density at radius 2 is 1.96 bits per heavy atom. The third kappa shape index (κ3) is 7.43. The summed E-state index contributed by atoms with van der Waals surface area (Å²) in [6.45, 7) is 7.01. The monoisotopic (exact) mass is 490 g/mol. The summed E-state index contributed by atoms with van der Waals surface area (Å²) in [5.41, 5.74) is 1.05. The van der Waals surface area contributed by atoms with Crippen LogP contribution >= 0.6 is 24.0 Å². The zero-order chi connectivity index (χ0) is 18.8. The van der Waals surface area contributed by atoms with Crippen molar-refractivity contribution in [3.05, 3.63) is 29.8 Å². The van der Waals surface area contributed by atoms with Crippen molar-refractivity contribution >= 4 is 36.0 Å². The predicted molar refractivity (Wildman–Crippen MR) is 118 cm³/mol. The highest BCUT2D eigenvalue weighted by molar-refractivity contribution is 14.0. The minimum atomic E-state index is -0.220. The van der Waals surface area contributed by atoms with Crippen LogP contribution < -0.4 is 15.4 Å². The number of para-hydroxylation sites is 1. The number of hydrogen-bond donors (Lipinski definition) is 2. The molecule has 1 aliphatic rings. The molecule has 1 saturated heterocycles. The number of carbonyl (C=O) groups excluding carboxylic acids is 1. The van der Waals surface area contributed by atoms with Gasteiger partial charge in [-0.3, -0.25) is 0 Å². The Balaban J connectivity index is 0.00000364. The Bertz CT molecular complexity index is 604. The van der Waals surface area contributed by atoms with Crippen molar-refractivity contribution in [2.24, 2.45) is 4.99 Å². The van der Waals surface area contributed by atoms with Crippen molar-refractivity contribution in [2.45, 2.75) is 39.3 Å². The van der Waals surface area contributed by atoms with E-state index < -0.39 is 0 Å². The van der Waals surface area contributed by atoms with Gasteiger partial charge in [-0.05, 0) is 32.8 Å². The first-order valence-electron chi connectivity index (χ1n) is 9.26. The minimum absolute atomic E-state index is 0. The summed E-state index contributed by atoms with van der Waals surface area (Å²) in [5.74, 6) is 1.63. The SMILES string of the molecule is CCNC(=NCc1ccccc1OC)NC1CCN(C(=O)OCC)CC1.I. The summed E-state index contributed by atoms with van der Waals surface area (Å²) in [6, 6.07) is 8.18. The molecule has 1 aromatic rings. The second-order valence-electron chi connectivity index (χ2n) is 6.11. The fourth-order valence-electron chi connectivity index (χ4n) is 2.93. The van der Waals surface area contributed by atoms with E-state index in [9.17, 15) is 4.79 Å². The number of ether oxygens (including phenoxy) is 2. The van der Waals surface area contributed by atoms with E-state index in [-0.39, 0.29) is 36.1 Å². The topological polar surface area (TPSA) is 75.2 Å². The van der Waals surface area contributed by atoms with Crippen molar-refractivity contribution in [1.29, 1.82) is 0 Å². The largest absolute Gasteiger partial charge is 0.496 e. The lowest BCUT2D eigenvalue weighted by atomic mass is 10.1. The number of carbonyl (C=O) groups is 1. The lowest BCUT2D eigenvalue weighted by Gasteiger charge is -2.32. The van der Waals surface area contributed by atoms with E-state index in [0.29, 0.717) is 26.2 Å². The fraction of sp³-hybridized carbons (Fsp3) is 0.579. The van der Waals surface area contributed by atoms with Gasteiger partial charge in [-0.15, -0.1) is 24.0 Å². The van der Waals surface area contributed by atoms with E-state index in [4.69, 9.17) is 9.47 Å². The Morgan fingerprint density at radius 1 is 1.26 bits per heavy atom. The van der Waals surface area contributed by atoms with Gasteiger partial charge in [0, 0.05) is 31.2 Å². The summed E-state index contributed by atoms with van der Waals surface area (Å²) >= 11 is 0. The molecule has 1 amide bonds. The van der Waals surface area contributed by atoms with Gasteiger partial charge in [-0.25, -0.2) is 9.79 Å². The number of rotatable bonds is 6. The molecule has 8 heteroatoms. The summed E-state index contributed by atoms with van der Waals surface area (Å²) < 4.78 is 10.4. The van der Waals surface area contributed by atoms with Gasteiger partial charge in [0.1, 0.15) is 5.75 Å². The zero-order valence-electron chi connectivity index (χ0n) is 16.4. The maximum atomic E-state index is 11.8. The molecule has 1 aromatic carbocycles. The van der Waals surface area contributed by atoms with Crippen molar-refractivity contribution < 1.29 is 14.3 Å². The maximum absolute atomic E-state index is 11.8. The van der Waals surface area contributed by atoms with E-state index in [0.717, 1.165) is 36.7 Å². The quantitative estimate of drug-likeness (QED) is 0.365. The Hall–Kier alpha value is -1.71. The summed E-state index contributed by atoms with van der Waals surface area (Å²) in [7, 11) is 1.67. The lowest BCUT2D eigenvalue weighted by molar-refractivity contribution is 0.0963. The molecule has 1 heterocycles. The number of guanidine groups is 1. The summed E-state index contributed by atoms with van der Waals surface area (Å²) in [4.78, 5) is 18.2. The Labute approximate surface area is 178 Å². The number of hydrogen-bond acceptors (Lipinski definition) is 4. The highest BCUT2D eigenvalue weighted by Gasteiger charge is 2.24. The normalized spacial score (nSPS) is 14.9. The van der Waals surface area contributed by atoms with Gasteiger partial charge in [-0.2, -0.15) is 0 Å². The first-order chi connectivity index (χ1) is 12.7. The molecule has 0 unspecified atom stereocenters. The average molecular weight is 490 g/mol. The van der Waals surface area contributed by atoms with Gasteiger partial charge in [0.15, 0.2) is 5.96 Å². The second-order valence-corrected chi connectivity index (χ2v) is 6.11. The van der Waals surface area contributed by atoms with Crippen molar-refractivity contribution in [3.8, 4) is 5.75 Å². The molecule has 0 aliphatic carbocycles. The molecule has 2 N–H and O–H groups in total. The molecular weight excluding hydrogens is 459 g/mol. The number of nitrogens with one attached hydrogen (secondary N) is 2. The Morgan fingerprint density at radius 3 is 2.59 bits per heavy atom. The van der Waals surface area contributed by atoms with Crippen LogP contribution in [0.3, 0.4) is 0 Å². The molecule has 0 aromatic heterocycles. The molecule has 0 spiro atoms. The lowest BCUT2D eigenvalue weighted by Crippen LogP contribution is -2.49. The molecule has 2 rings (SSSR count). The first kappa shape index (κ1) is 23.3. The number of halogens is 1. The van der Waals surface area contributed by atoms with E-state index in [1.54, 1.807) is 12.0 Å². The number of amides is 1. The van der Waals surface area contributed by atoms with Crippen LogP contribution in [0.5, 0.6) is 5.75 Å². The van der Waals surface area contributed by atoms with Crippen LogP contribution in [0.4, 0.5) is 4.79 Å². The average Bonchev–Trinajstić information content (AvgIpc) is 2.67. The Kier molecular flexibility index (Phi) is 10.9. The number of piperidine rings is 1. The van der Waals surface area contributed by atoms with Crippen LogP contribution in [0.1, 0.15) is 32.3 Å². The van der Waals surface area contributed by atoms with Crippen LogP contribution in [-0.2, 0) is 11.3 Å². The molecule has 0 saturated carbocycles. The van der Waals surface area contributed by atoms with Crippen LogP contribution in [-0.4, -0.2) is 56.3 Å². The number of likely N-dealkylation sites (tertiary alicyclic amines) is 1. The van der Waals surface area contributed by atoms with Crippen molar-refractivity contribution in [3.63, 3.8) is 0 Å². The van der Waals surface area contributed by atoms with E-state index in [2.05, 4.69) is 15.6 Å². The van der Waals surface area contributed by atoms with Crippen molar-refractivity contribution in [1.82, 2.24) is 15.5 Å². The summed E-state index contributed by atoms with van der Waals surface area (Å²) in [6.07, 6.45) is 1.53. The first-order valence-corrected chi connectivity index (χ1v) is 9.26. The fourth-order valence-corrected chi connectivity index (χ4v) is 2.93. The number of aliphatic imine (C=N–C) groups is 1. The van der Waals surface area contributed by atoms with Gasteiger partial charge in [0.2, 0.25) is 0 Å². The highest BCUT2D eigenvalue weighted by atomic mass is 127. The smallest absolute Gasteiger partial charge is 0.409 e. The molecule has 152 valence electrons. The summed E-state index contributed by atoms with van der Waals surface area (Å²) in [5, 5.41) is 6.76. The third-order valence-electron chi connectivity index (χ3n) is 4.31. The van der Waals surface area contributed by atoms with Gasteiger partial charge in [0.05, 0.1) is 20.3 Å². The number of nitrogens with zero attached hydrogens (tertiary/aromatic N) is 2. The highest BCUT2D eigenvalue weighted by Crippen LogP contribution is 2.18. The zero-order valence-corrected chi connectivity index (χ0v) is 18.7. The van der Waals surface area contributed by atoms with Crippen LogP contribution in [0, 0.1) is 0 Å². The maximum Gasteiger partial charge on any atom is 0.409 e. The predicted octanol–water partition coefficient (Wildman–Crippen LogP) is 2.99. The molecule has 0 atom stereocenters. The minimum Gasteiger partial charge on any atom is -0.496 e. The van der Waals surface area contributed by atoms with Crippen LogP contribution in [0.2, 0.25) is 0 Å². The number of methoxy groups -OCH3 is 1. The molecule has 7 nitrogen and oxygen atoms in total. The standard InChI is InChI=1S/C19H30N4O3.HI/c1-4-20-18(21-14-15-8-6-7-9-17(15)25-3)22-16-10-12-23(13-11-16)19(24)26-5-2;/h6-9,16H,4-5,10-14H2,1-3H3,(H2,20,21,22);1H. The molecule has 1 fully saturated rings. The second kappa shape index (κ2) is 12.6. The molecule has 1 aliphatic heterocycles. The van der Waals surface area contributed by atoms with Gasteiger partial charge < -0.3 is 25.0 Å². The van der Waals surface area contributed by atoms with Gasteiger partial charge in [-0.1, -0.05) is 18.2 Å².